The predicted molar refractivity (Wildman–Crippen MR) is 21.7 cm³/mol. The molecule has 0 saturated heterocycles. The zero-order valence-corrected chi connectivity index (χ0v) is 2.29. The molecule has 0 bridgehead atoms. The molecule has 3 heteroatoms. The molecule has 0 aromatic carbocycles. The van der Waals surface area contributed by atoms with Crippen LogP contribution in [0.2, 0.25) is 0 Å². The van der Waals surface area contributed by atoms with Gasteiger partial charge in [0.05, 0.1) is 0 Å². The molecule has 0 unspecified atom stereocenters. The third-order valence-electron chi connectivity index (χ3n) is 0. The summed E-state index contributed by atoms with van der Waals surface area (Å²) in [6, 6.07) is 0. The van der Waals surface area contributed by atoms with Crippen molar-refractivity contribution in [2.45, 2.75) is 0 Å². The summed E-state index contributed by atoms with van der Waals surface area (Å²) in [5.74, 6) is 0. The molecule has 0 aliphatic rings. The van der Waals surface area contributed by atoms with Crippen LogP contribution in [0.15, 0.2) is 0 Å². The third-order valence-corrected chi connectivity index (χ3v) is 0. The van der Waals surface area contributed by atoms with E-state index in [9.17, 15) is 0 Å². The molecule has 0 aromatic rings. The Bertz CT molecular complexity index is 29.5. The van der Waals surface area contributed by atoms with Crippen molar-refractivity contribution in [2.75, 3.05) is 0 Å². The molecule has 4 heavy (non-hydrogen) atoms. The molecular weight excluding hydrogens is 81.1 g/mol. The normalized spacial score (nSPS) is 2.00. The van der Waals surface area contributed by atoms with Gasteiger partial charge in [-0.2, -0.15) is 5.26 Å². The summed E-state index contributed by atoms with van der Waals surface area (Å²) in [6.07, 6.45) is 0. The van der Waals surface area contributed by atoms with Crippen LogP contribution in [0.4, 0.5) is 0 Å². The van der Waals surface area contributed by atoms with E-state index in [4.69, 9.17) is 5.26 Å². The van der Waals surface area contributed by atoms with Crippen molar-refractivity contribution in [2.24, 2.45) is 0 Å². The van der Waals surface area contributed by atoms with Gasteiger partial charge in [-0.3, -0.25) is 0 Å². The van der Waals surface area contributed by atoms with Crippen LogP contribution in [0.5, 0.6) is 0 Å². The van der Waals surface area contributed by atoms with E-state index in [0.717, 1.165) is 0 Å². The maximum atomic E-state index is 7.18. The number of nitrogens with zero attached hydrogens (tertiary/aromatic N) is 1. The van der Waals surface area contributed by atoms with Gasteiger partial charge in [0, 0.05) is 0 Å². The van der Waals surface area contributed by atoms with E-state index < -0.39 is 0 Å². The SMILES string of the molecule is N#CS.[NaH]. The van der Waals surface area contributed by atoms with E-state index >= 15 is 0 Å². The molecule has 18 valence electrons. The van der Waals surface area contributed by atoms with Crippen LogP contribution in [0, 0.1) is 10.7 Å². The molecule has 0 aromatic heterocycles. The van der Waals surface area contributed by atoms with Gasteiger partial charge < -0.3 is 0 Å². The first-order chi connectivity index (χ1) is 1.41. The topological polar surface area (TPSA) is 23.8 Å². The maximum absolute atomic E-state index is 7.18. The molecule has 0 amide bonds. The average Bonchev–Trinajstić information content (AvgIpc) is 0.918. The number of thiocyanates is 1. The molecule has 0 radical (unpaired) electrons. The number of hydrogen-bond donors (Lipinski definition) is 1. The van der Waals surface area contributed by atoms with Crippen molar-refractivity contribution in [1.82, 2.24) is 0 Å². The summed E-state index contributed by atoms with van der Waals surface area (Å²) in [4.78, 5) is 0. The van der Waals surface area contributed by atoms with Gasteiger partial charge in [0.15, 0.2) is 0 Å². The Kier molecular flexibility index (Phi) is 20.2. The van der Waals surface area contributed by atoms with E-state index in [2.05, 4.69) is 12.6 Å². The van der Waals surface area contributed by atoms with Gasteiger partial charge in [-0.15, -0.1) is 0 Å². The number of rotatable bonds is 0. The minimum atomic E-state index is 0. The second kappa shape index (κ2) is 9.15. The van der Waals surface area contributed by atoms with Gasteiger partial charge in [0.25, 0.3) is 0 Å². The summed E-state index contributed by atoms with van der Waals surface area (Å²) in [5.41, 5.74) is 0. The van der Waals surface area contributed by atoms with Crippen LogP contribution in [0.25, 0.3) is 0 Å². The summed E-state index contributed by atoms with van der Waals surface area (Å²) in [6.45, 7) is 0. The average molecular weight is 83.1 g/mol. The fraction of sp³-hybridized carbons (Fsp3) is 0. The van der Waals surface area contributed by atoms with Crippen LogP contribution in [-0.2, 0) is 0 Å². The van der Waals surface area contributed by atoms with Crippen molar-refractivity contribution in [3.05, 3.63) is 0 Å². The van der Waals surface area contributed by atoms with Gasteiger partial charge in [0.2, 0.25) is 0 Å². The molecule has 0 saturated carbocycles. The Balaban J connectivity index is 0. The Morgan fingerprint density at radius 3 is 1.75 bits per heavy atom. The molecule has 0 N–H and O–H groups in total. The Morgan fingerprint density at radius 2 is 1.75 bits per heavy atom. The Hall–Kier alpha value is 0.840. The fourth-order valence-electron chi connectivity index (χ4n) is 0. The first-order valence-electron chi connectivity index (χ1n) is 0.447. The molecule has 0 rings (SSSR count). The third kappa shape index (κ3) is 13.6. The van der Waals surface area contributed by atoms with Crippen LogP contribution in [0.3, 0.4) is 0 Å². The van der Waals surface area contributed by atoms with E-state index in [0.29, 0.717) is 0 Å². The van der Waals surface area contributed by atoms with Crippen LogP contribution >= 0.6 is 12.6 Å². The van der Waals surface area contributed by atoms with Crippen LogP contribution < -0.4 is 0 Å². The van der Waals surface area contributed by atoms with Crippen LogP contribution in [-0.4, -0.2) is 29.6 Å². The summed E-state index contributed by atoms with van der Waals surface area (Å²) >= 11 is 3.09. The zero-order chi connectivity index (χ0) is 2.71. The molecule has 0 aliphatic carbocycles. The first-order valence-corrected chi connectivity index (χ1v) is 0.894. The van der Waals surface area contributed by atoms with E-state index in [-0.39, 0.29) is 29.6 Å². The molecule has 1 nitrogen and oxygen atoms in total. The van der Waals surface area contributed by atoms with E-state index in [1.54, 1.807) is 0 Å². The zero-order valence-electron chi connectivity index (χ0n) is 1.39. The van der Waals surface area contributed by atoms with E-state index in [1.807, 2.05) is 0 Å². The Morgan fingerprint density at radius 1 is 1.75 bits per heavy atom. The van der Waals surface area contributed by atoms with Gasteiger partial charge in [-0.25, -0.2) is 0 Å². The number of nitriles is 1. The second-order valence-corrected chi connectivity index (χ2v) is 0.300. The van der Waals surface area contributed by atoms with Gasteiger partial charge in [0.1, 0.15) is 5.40 Å². The summed E-state index contributed by atoms with van der Waals surface area (Å²) in [7, 11) is 0. The van der Waals surface area contributed by atoms with Gasteiger partial charge in [-0.1, -0.05) is 12.6 Å². The van der Waals surface area contributed by atoms with E-state index in [1.165, 1.54) is 5.40 Å². The molecular formula is CH2NNaS. The summed E-state index contributed by atoms with van der Waals surface area (Å²) in [5, 5.41) is 8.63. The van der Waals surface area contributed by atoms with Crippen molar-refractivity contribution < 1.29 is 0 Å². The van der Waals surface area contributed by atoms with Crippen molar-refractivity contribution in [3.8, 4) is 5.40 Å². The standard InChI is InChI=1S/CHNS.Na.H/c2-1-3;;/h3H;;. The fourth-order valence-corrected chi connectivity index (χ4v) is 0. The number of thiol groups is 1. The van der Waals surface area contributed by atoms with Gasteiger partial charge >= 0.3 is 29.6 Å². The minimum absolute atomic E-state index is 0. The quantitative estimate of drug-likeness (QED) is 0.244. The van der Waals surface area contributed by atoms with Crippen molar-refractivity contribution >= 4 is 42.2 Å². The first kappa shape index (κ1) is 8.85. The van der Waals surface area contributed by atoms with Crippen molar-refractivity contribution in [1.29, 1.82) is 5.26 Å². The molecule has 0 spiro atoms. The number of hydrogen-bond acceptors (Lipinski definition) is 2. The monoisotopic (exact) mass is 83.0 g/mol. The van der Waals surface area contributed by atoms with Crippen molar-refractivity contribution in [3.63, 3.8) is 0 Å². The molecule has 0 heterocycles. The van der Waals surface area contributed by atoms with Gasteiger partial charge in [-0.05, 0) is 0 Å². The van der Waals surface area contributed by atoms with Crippen LogP contribution in [0.1, 0.15) is 0 Å². The molecule has 0 fully saturated rings. The Labute approximate surface area is 52.7 Å². The summed E-state index contributed by atoms with van der Waals surface area (Å²) < 4.78 is 0. The molecule has 0 aliphatic heterocycles. The predicted octanol–water partition coefficient (Wildman–Crippen LogP) is -0.251. The second-order valence-electron chi connectivity index (χ2n) is 0.100. The molecule has 0 atom stereocenters.